The van der Waals surface area contributed by atoms with Gasteiger partial charge in [-0.1, -0.05) is 0 Å². The van der Waals surface area contributed by atoms with E-state index < -0.39 is 32.6 Å². The number of urea groups is 1. The normalized spacial score (nSPS) is 10.9. The Labute approximate surface area is 188 Å². The number of ether oxygens (including phenoxy) is 3. The van der Waals surface area contributed by atoms with Gasteiger partial charge in [-0.15, -0.1) is 0 Å². The van der Waals surface area contributed by atoms with Crippen LogP contribution >= 0.6 is 0 Å². The summed E-state index contributed by atoms with van der Waals surface area (Å²) in [7, 11) is -1.92. The molecule has 14 nitrogen and oxygen atoms in total. The number of nitrogens with zero attached hydrogens (tertiary/aromatic N) is 5. The van der Waals surface area contributed by atoms with Crippen molar-refractivity contribution in [3.8, 4) is 17.6 Å². The third-order valence-electron chi connectivity index (χ3n) is 3.91. The fraction of sp³-hybridized carbons (Fsp3) is 0.222. The average molecular weight is 477 g/mol. The molecule has 0 aliphatic carbocycles. The van der Waals surface area contributed by atoms with Crippen LogP contribution in [0, 0.1) is 0 Å². The van der Waals surface area contributed by atoms with Crippen LogP contribution in [0.2, 0.25) is 0 Å². The quantitative estimate of drug-likeness (QED) is 0.438. The average Bonchev–Trinajstić information content (AvgIpc) is 3.25. The lowest BCUT2D eigenvalue weighted by Crippen LogP contribution is -2.36. The Morgan fingerprint density at radius 2 is 1.85 bits per heavy atom. The van der Waals surface area contributed by atoms with Crippen LogP contribution in [0.3, 0.4) is 0 Å². The minimum absolute atomic E-state index is 0.0113. The first kappa shape index (κ1) is 23.4. The van der Waals surface area contributed by atoms with E-state index in [2.05, 4.69) is 25.4 Å². The topological polar surface area (TPSA) is 177 Å². The van der Waals surface area contributed by atoms with Gasteiger partial charge in [0, 0.05) is 24.5 Å². The van der Waals surface area contributed by atoms with E-state index in [0.29, 0.717) is 5.75 Å². The summed E-state index contributed by atoms with van der Waals surface area (Å²) in [6, 6.07) is 3.15. The van der Waals surface area contributed by atoms with Crippen LogP contribution in [0.1, 0.15) is 17.3 Å². The molecule has 174 valence electrons. The molecule has 0 unspecified atom stereocenters. The maximum Gasteiger partial charge on any atom is 0.342 e. The van der Waals surface area contributed by atoms with Gasteiger partial charge in [-0.2, -0.15) is 23.2 Å². The van der Waals surface area contributed by atoms with E-state index in [-0.39, 0.29) is 24.3 Å². The molecular formula is C18H19N7O7S. The number of amides is 2. The number of carbonyl (C=O) groups excluding carboxylic acids is 2. The highest BCUT2D eigenvalue weighted by Crippen LogP contribution is 2.22. The molecule has 0 bridgehead atoms. The standard InChI is InChI=1S/C18H19N7O7S/c1-4-32-16(26)12-10-21-25(17-19-6-5-7-20-17)15(12)33(28,29)24-18(27)23-13-8-11(30-2)9-14(22-13)31-3/h5-10H,4H2,1-3H3,(H2,22,23,24,27). The van der Waals surface area contributed by atoms with Crippen molar-refractivity contribution in [2.24, 2.45) is 0 Å². The van der Waals surface area contributed by atoms with Crippen molar-refractivity contribution in [2.45, 2.75) is 11.9 Å². The second-order valence-corrected chi connectivity index (χ2v) is 7.64. The number of aromatic nitrogens is 5. The molecule has 0 atom stereocenters. The third-order valence-corrected chi connectivity index (χ3v) is 5.26. The number of nitrogens with one attached hydrogen (secondary N) is 2. The van der Waals surface area contributed by atoms with Gasteiger partial charge in [0.1, 0.15) is 17.1 Å². The van der Waals surface area contributed by atoms with Crippen molar-refractivity contribution in [3.05, 3.63) is 42.4 Å². The molecule has 33 heavy (non-hydrogen) atoms. The SMILES string of the molecule is CCOC(=O)c1cnn(-c2ncccn2)c1S(=O)(=O)NC(=O)Nc1cc(OC)cc(OC)n1. The number of anilines is 1. The van der Waals surface area contributed by atoms with E-state index in [4.69, 9.17) is 14.2 Å². The molecule has 0 fully saturated rings. The van der Waals surface area contributed by atoms with Crippen molar-refractivity contribution in [1.29, 1.82) is 0 Å². The van der Waals surface area contributed by atoms with E-state index in [1.165, 1.54) is 44.8 Å². The van der Waals surface area contributed by atoms with E-state index in [1.807, 2.05) is 0 Å². The molecule has 15 heteroatoms. The van der Waals surface area contributed by atoms with Gasteiger partial charge in [-0.05, 0) is 13.0 Å². The highest BCUT2D eigenvalue weighted by atomic mass is 32.2. The molecule has 0 aliphatic rings. The molecule has 3 rings (SSSR count). The highest BCUT2D eigenvalue weighted by molar-refractivity contribution is 7.90. The summed E-state index contributed by atoms with van der Waals surface area (Å²) in [6.45, 7) is 1.54. The van der Waals surface area contributed by atoms with Gasteiger partial charge >= 0.3 is 12.0 Å². The lowest BCUT2D eigenvalue weighted by Gasteiger charge is -2.12. The largest absolute Gasteiger partial charge is 0.496 e. The van der Waals surface area contributed by atoms with Crippen molar-refractivity contribution in [3.63, 3.8) is 0 Å². The van der Waals surface area contributed by atoms with Gasteiger partial charge in [-0.3, -0.25) is 5.32 Å². The van der Waals surface area contributed by atoms with E-state index in [1.54, 1.807) is 11.6 Å². The number of hydrogen-bond donors (Lipinski definition) is 2. The molecule has 0 spiro atoms. The summed E-state index contributed by atoms with van der Waals surface area (Å²) < 4.78 is 43.8. The molecule has 2 amide bonds. The lowest BCUT2D eigenvalue weighted by atomic mass is 10.4. The zero-order valence-corrected chi connectivity index (χ0v) is 18.5. The first-order valence-electron chi connectivity index (χ1n) is 9.25. The molecule has 2 N–H and O–H groups in total. The third kappa shape index (κ3) is 5.32. The Kier molecular flexibility index (Phi) is 7.02. The van der Waals surface area contributed by atoms with E-state index in [0.717, 1.165) is 10.9 Å². The van der Waals surface area contributed by atoms with Crippen LogP contribution in [0.15, 0.2) is 41.8 Å². The zero-order chi connectivity index (χ0) is 24.0. The lowest BCUT2D eigenvalue weighted by molar-refractivity contribution is 0.0521. The Bertz CT molecular complexity index is 1240. The first-order chi connectivity index (χ1) is 15.8. The van der Waals surface area contributed by atoms with Gasteiger partial charge in [0.25, 0.3) is 16.0 Å². The molecule has 0 saturated heterocycles. The summed E-state index contributed by atoms with van der Waals surface area (Å²) in [6.07, 6.45) is 3.69. The number of sulfonamides is 1. The maximum absolute atomic E-state index is 13.1. The summed E-state index contributed by atoms with van der Waals surface area (Å²) in [5, 5.41) is 5.47. The van der Waals surface area contributed by atoms with Crippen molar-refractivity contribution < 1.29 is 32.2 Å². The maximum atomic E-state index is 13.1. The van der Waals surface area contributed by atoms with E-state index in [9.17, 15) is 18.0 Å². The second kappa shape index (κ2) is 9.90. The highest BCUT2D eigenvalue weighted by Gasteiger charge is 2.32. The zero-order valence-electron chi connectivity index (χ0n) is 17.7. The van der Waals surface area contributed by atoms with Gasteiger partial charge in [0.05, 0.1) is 27.0 Å². The van der Waals surface area contributed by atoms with Crippen molar-refractivity contribution in [1.82, 2.24) is 29.5 Å². The van der Waals surface area contributed by atoms with Crippen LogP contribution < -0.4 is 19.5 Å². The Morgan fingerprint density at radius 1 is 1.12 bits per heavy atom. The number of methoxy groups -OCH3 is 2. The molecule has 0 radical (unpaired) electrons. The molecule has 0 aliphatic heterocycles. The second-order valence-electron chi connectivity index (χ2n) is 6.04. The minimum atomic E-state index is -4.67. The number of pyridine rings is 1. The van der Waals surface area contributed by atoms with Gasteiger partial charge in [-0.25, -0.2) is 24.3 Å². The van der Waals surface area contributed by atoms with Crippen LogP contribution in [-0.2, 0) is 14.8 Å². The van der Waals surface area contributed by atoms with Crippen molar-refractivity contribution >= 4 is 27.8 Å². The summed E-state index contributed by atoms with van der Waals surface area (Å²) in [5.74, 6) is -0.725. The number of carbonyl (C=O) groups is 2. The van der Waals surface area contributed by atoms with Crippen LogP contribution in [0.5, 0.6) is 11.6 Å². The van der Waals surface area contributed by atoms with E-state index >= 15 is 0 Å². The minimum Gasteiger partial charge on any atom is -0.496 e. The predicted molar refractivity (Wildman–Crippen MR) is 112 cm³/mol. The molecule has 3 aromatic rings. The Morgan fingerprint density at radius 3 is 2.48 bits per heavy atom. The summed E-state index contributed by atoms with van der Waals surface area (Å²) in [4.78, 5) is 36.7. The van der Waals surface area contributed by atoms with Crippen LogP contribution in [-0.4, -0.2) is 66.0 Å². The molecule has 3 aromatic heterocycles. The predicted octanol–water partition coefficient (Wildman–Crippen LogP) is 0.762. The molecule has 0 aromatic carbocycles. The number of hydrogen-bond acceptors (Lipinski definition) is 11. The first-order valence-corrected chi connectivity index (χ1v) is 10.7. The fourth-order valence-electron chi connectivity index (χ4n) is 2.57. The smallest absolute Gasteiger partial charge is 0.342 e. The molecule has 3 heterocycles. The van der Waals surface area contributed by atoms with Gasteiger partial charge < -0.3 is 14.2 Å². The van der Waals surface area contributed by atoms with Crippen molar-refractivity contribution in [2.75, 3.05) is 26.1 Å². The monoisotopic (exact) mass is 477 g/mol. The molecule has 0 saturated carbocycles. The summed E-state index contributed by atoms with van der Waals surface area (Å²) >= 11 is 0. The van der Waals surface area contributed by atoms with Crippen LogP contribution in [0.4, 0.5) is 10.6 Å². The number of rotatable bonds is 8. The molecular weight excluding hydrogens is 458 g/mol. The number of esters is 1. The fourth-order valence-corrected chi connectivity index (χ4v) is 3.74. The van der Waals surface area contributed by atoms with Gasteiger partial charge in [0.2, 0.25) is 5.88 Å². The Balaban J connectivity index is 1.95. The van der Waals surface area contributed by atoms with Crippen LogP contribution in [0.25, 0.3) is 5.95 Å². The van der Waals surface area contributed by atoms with Gasteiger partial charge in [0.15, 0.2) is 5.03 Å². The summed E-state index contributed by atoms with van der Waals surface area (Å²) in [5.41, 5.74) is -0.411. The Hall–Kier alpha value is -4.27.